The quantitative estimate of drug-likeness (QED) is 0.568. The van der Waals surface area contributed by atoms with E-state index < -0.39 is 0 Å². The third-order valence-corrected chi connectivity index (χ3v) is 3.03. The highest BCUT2D eigenvalue weighted by molar-refractivity contribution is 14.1. The molecule has 15 heavy (non-hydrogen) atoms. The molecule has 0 aliphatic heterocycles. The van der Waals surface area contributed by atoms with Gasteiger partial charge in [0.05, 0.1) is 6.10 Å². The van der Waals surface area contributed by atoms with E-state index in [1.54, 1.807) is 0 Å². The van der Waals surface area contributed by atoms with Gasteiger partial charge < -0.3 is 4.74 Å². The lowest BCUT2D eigenvalue weighted by Gasteiger charge is -2.17. The summed E-state index contributed by atoms with van der Waals surface area (Å²) in [6, 6.07) is 7.90. The summed E-state index contributed by atoms with van der Waals surface area (Å²) < 4.78 is 6.78. The second kappa shape index (κ2) is 6.71. The Kier molecular flexibility index (Phi) is 5.94. The molecule has 0 aliphatic rings. The Morgan fingerprint density at radius 2 is 2.13 bits per heavy atom. The van der Waals surface area contributed by atoms with E-state index in [0.717, 1.165) is 21.6 Å². The first-order valence-corrected chi connectivity index (χ1v) is 6.97. The summed E-state index contributed by atoms with van der Waals surface area (Å²) in [5.41, 5.74) is 1.16. The molecule has 0 amide bonds. The number of halogens is 2. The van der Waals surface area contributed by atoms with Gasteiger partial charge in [-0.05, 0) is 23.6 Å². The predicted octanol–water partition coefficient (Wildman–Crippen LogP) is 4.49. The molecule has 3 heteroatoms. The van der Waals surface area contributed by atoms with Crippen LogP contribution in [0.25, 0.3) is 0 Å². The van der Waals surface area contributed by atoms with Gasteiger partial charge in [-0.3, -0.25) is 0 Å². The topological polar surface area (TPSA) is 9.23 Å². The Hall–Kier alpha value is 0.200. The SMILES string of the molecule is CC(C)COC(CI)c1cccc(Cl)c1. The second-order valence-electron chi connectivity index (χ2n) is 3.93. The van der Waals surface area contributed by atoms with Crippen molar-refractivity contribution in [3.8, 4) is 0 Å². The zero-order valence-electron chi connectivity index (χ0n) is 9.04. The minimum atomic E-state index is 0.159. The van der Waals surface area contributed by atoms with Crippen molar-refractivity contribution in [3.63, 3.8) is 0 Å². The first kappa shape index (κ1) is 13.3. The zero-order chi connectivity index (χ0) is 11.3. The molecule has 0 saturated heterocycles. The van der Waals surface area contributed by atoms with E-state index in [4.69, 9.17) is 16.3 Å². The molecule has 0 heterocycles. The Labute approximate surface area is 110 Å². The van der Waals surface area contributed by atoms with E-state index >= 15 is 0 Å². The monoisotopic (exact) mass is 338 g/mol. The maximum absolute atomic E-state index is 5.95. The fourth-order valence-electron chi connectivity index (χ4n) is 1.25. The Morgan fingerprint density at radius 1 is 1.40 bits per heavy atom. The highest BCUT2D eigenvalue weighted by Crippen LogP contribution is 2.23. The van der Waals surface area contributed by atoms with Gasteiger partial charge in [-0.25, -0.2) is 0 Å². The van der Waals surface area contributed by atoms with E-state index in [-0.39, 0.29) is 6.10 Å². The summed E-state index contributed by atoms with van der Waals surface area (Å²) in [4.78, 5) is 0. The molecule has 1 aromatic carbocycles. The summed E-state index contributed by atoms with van der Waals surface area (Å²) in [6.45, 7) is 5.10. The fourth-order valence-corrected chi connectivity index (χ4v) is 2.21. The molecular weight excluding hydrogens is 322 g/mol. The summed E-state index contributed by atoms with van der Waals surface area (Å²) in [5, 5.41) is 0.774. The normalized spacial score (nSPS) is 13.1. The minimum Gasteiger partial charge on any atom is -0.372 e. The van der Waals surface area contributed by atoms with Crippen molar-refractivity contribution in [3.05, 3.63) is 34.9 Å². The first-order valence-electron chi connectivity index (χ1n) is 5.06. The number of alkyl halides is 1. The van der Waals surface area contributed by atoms with Gasteiger partial charge in [0.15, 0.2) is 0 Å². The highest BCUT2D eigenvalue weighted by Gasteiger charge is 2.11. The molecule has 1 rings (SSSR count). The molecule has 1 nitrogen and oxygen atoms in total. The van der Waals surface area contributed by atoms with E-state index in [1.165, 1.54) is 0 Å². The van der Waals surface area contributed by atoms with Crippen molar-refractivity contribution in [2.75, 3.05) is 11.0 Å². The van der Waals surface area contributed by atoms with Crippen LogP contribution >= 0.6 is 34.2 Å². The first-order chi connectivity index (χ1) is 7.13. The molecule has 0 saturated carbocycles. The molecule has 1 aromatic rings. The van der Waals surface area contributed by atoms with E-state index in [0.29, 0.717) is 5.92 Å². The van der Waals surface area contributed by atoms with Crippen molar-refractivity contribution in [2.24, 2.45) is 5.92 Å². The third-order valence-electron chi connectivity index (χ3n) is 1.99. The van der Waals surface area contributed by atoms with Crippen LogP contribution in [0.4, 0.5) is 0 Å². The van der Waals surface area contributed by atoms with Crippen LogP contribution in [0.3, 0.4) is 0 Å². The van der Waals surface area contributed by atoms with Crippen molar-refractivity contribution < 1.29 is 4.74 Å². The molecule has 0 aromatic heterocycles. The number of benzene rings is 1. The maximum Gasteiger partial charge on any atom is 0.0914 e. The number of rotatable bonds is 5. The Balaban J connectivity index is 2.65. The molecule has 84 valence electrons. The predicted molar refractivity (Wildman–Crippen MR) is 73.9 cm³/mol. The smallest absolute Gasteiger partial charge is 0.0914 e. The van der Waals surface area contributed by atoms with Gasteiger partial charge in [-0.1, -0.05) is 60.2 Å². The lowest BCUT2D eigenvalue weighted by atomic mass is 10.1. The molecule has 1 atom stereocenters. The molecule has 0 bridgehead atoms. The van der Waals surface area contributed by atoms with Gasteiger partial charge in [0.2, 0.25) is 0 Å². The molecule has 0 N–H and O–H groups in total. The summed E-state index contributed by atoms with van der Waals surface area (Å²) in [5.74, 6) is 0.564. The van der Waals surface area contributed by atoms with Crippen LogP contribution < -0.4 is 0 Å². The van der Waals surface area contributed by atoms with Gasteiger partial charge in [0, 0.05) is 16.1 Å². The Bertz CT molecular complexity index is 301. The van der Waals surface area contributed by atoms with Crippen LogP contribution in [0.15, 0.2) is 24.3 Å². The van der Waals surface area contributed by atoms with Crippen molar-refractivity contribution in [1.29, 1.82) is 0 Å². The Morgan fingerprint density at radius 3 is 2.67 bits per heavy atom. The highest BCUT2D eigenvalue weighted by atomic mass is 127. The fraction of sp³-hybridized carbons (Fsp3) is 0.500. The summed E-state index contributed by atoms with van der Waals surface area (Å²) in [6.07, 6.45) is 0.159. The zero-order valence-corrected chi connectivity index (χ0v) is 12.0. The maximum atomic E-state index is 5.95. The number of ether oxygens (including phenoxy) is 1. The van der Waals surface area contributed by atoms with Crippen LogP contribution in [0.5, 0.6) is 0 Å². The minimum absolute atomic E-state index is 0.159. The largest absolute Gasteiger partial charge is 0.372 e. The average Bonchev–Trinajstić information content (AvgIpc) is 2.18. The van der Waals surface area contributed by atoms with Crippen LogP contribution in [-0.2, 0) is 4.74 Å². The van der Waals surface area contributed by atoms with Gasteiger partial charge in [0.1, 0.15) is 0 Å². The summed E-state index contributed by atoms with van der Waals surface area (Å²) in [7, 11) is 0. The van der Waals surface area contributed by atoms with Gasteiger partial charge in [-0.15, -0.1) is 0 Å². The molecule has 1 unspecified atom stereocenters. The van der Waals surface area contributed by atoms with Gasteiger partial charge >= 0.3 is 0 Å². The van der Waals surface area contributed by atoms with Gasteiger partial charge in [-0.2, -0.15) is 0 Å². The molecular formula is C12H16ClIO. The molecule has 0 radical (unpaired) electrons. The second-order valence-corrected chi connectivity index (χ2v) is 5.24. The van der Waals surface area contributed by atoms with E-state index in [9.17, 15) is 0 Å². The molecule has 0 fully saturated rings. The third kappa shape index (κ3) is 4.70. The lowest BCUT2D eigenvalue weighted by Crippen LogP contribution is -2.10. The lowest BCUT2D eigenvalue weighted by molar-refractivity contribution is 0.0518. The van der Waals surface area contributed by atoms with Crippen LogP contribution in [-0.4, -0.2) is 11.0 Å². The number of hydrogen-bond donors (Lipinski definition) is 0. The van der Waals surface area contributed by atoms with Crippen LogP contribution in [0, 0.1) is 5.92 Å². The van der Waals surface area contributed by atoms with Crippen LogP contribution in [0.2, 0.25) is 5.02 Å². The standard InChI is InChI=1S/C12H16ClIO/c1-9(2)8-15-12(7-14)10-4-3-5-11(13)6-10/h3-6,9,12H,7-8H2,1-2H3. The summed E-state index contributed by atoms with van der Waals surface area (Å²) >= 11 is 8.29. The van der Waals surface area contributed by atoms with Crippen LogP contribution in [0.1, 0.15) is 25.5 Å². The number of hydrogen-bond acceptors (Lipinski definition) is 1. The molecule has 0 spiro atoms. The van der Waals surface area contributed by atoms with Crippen molar-refractivity contribution in [2.45, 2.75) is 20.0 Å². The van der Waals surface area contributed by atoms with Crippen molar-refractivity contribution >= 4 is 34.2 Å². The van der Waals surface area contributed by atoms with Crippen molar-refractivity contribution in [1.82, 2.24) is 0 Å². The van der Waals surface area contributed by atoms with E-state index in [1.807, 2.05) is 18.2 Å². The van der Waals surface area contributed by atoms with E-state index in [2.05, 4.69) is 42.5 Å². The van der Waals surface area contributed by atoms with Gasteiger partial charge in [0.25, 0.3) is 0 Å². The average molecular weight is 339 g/mol. The molecule has 0 aliphatic carbocycles.